The average Bonchev–Trinajstić information content (AvgIpc) is 3.00. The van der Waals surface area contributed by atoms with Crippen LogP contribution in [-0.4, -0.2) is 49.5 Å². The molecule has 0 fully saturated rings. The molecule has 12 nitrogen and oxygen atoms in total. The van der Waals surface area contributed by atoms with Crippen LogP contribution < -0.4 is 10.6 Å². The molecule has 12 heteroatoms. The van der Waals surface area contributed by atoms with Gasteiger partial charge in [-0.15, -0.1) is 0 Å². The number of aromatic hydroxyl groups is 2. The molecule has 0 spiro atoms. The highest BCUT2D eigenvalue weighted by molar-refractivity contribution is 6.05. The van der Waals surface area contributed by atoms with E-state index in [0.717, 1.165) is 0 Å². The molecule has 0 aliphatic carbocycles. The minimum Gasteiger partial charge on any atom is -0.494 e. The molecule has 2 aromatic rings. The third-order valence-electron chi connectivity index (χ3n) is 5.28. The summed E-state index contributed by atoms with van der Waals surface area (Å²) in [7, 11) is 0. The summed E-state index contributed by atoms with van der Waals surface area (Å²) in [6.45, 7) is 9.82. The van der Waals surface area contributed by atoms with Gasteiger partial charge in [-0.05, 0) is 39.2 Å². The summed E-state index contributed by atoms with van der Waals surface area (Å²) in [5, 5.41) is 36.2. The number of aromatic nitrogens is 1. The molecule has 0 unspecified atom stereocenters. The Labute approximate surface area is 208 Å². The molecule has 0 aliphatic rings. The predicted octanol–water partition coefficient (Wildman–Crippen LogP) is 3.62. The van der Waals surface area contributed by atoms with Gasteiger partial charge in [-0.3, -0.25) is 24.7 Å². The zero-order valence-electron chi connectivity index (χ0n) is 21.0. The average molecular weight is 505 g/mol. The summed E-state index contributed by atoms with van der Waals surface area (Å²) in [6.07, 6.45) is -1.19. The molecule has 0 saturated carbocycles. The third-order valence-corrected chi connectivity index (χ3v) is 5.28. The summed E-state index contributed by atoms with van der Waals surface area (Å²) in [6, 6.07) is 3.41. The number of H-pyrrole nitrogens is 1. The molecule has 0 bridgehead atoms. The lowest BCUT2D eigenvalue weighted by molar-refractivity contribution is -0.384. The van der Waals surface area contributed by atoms with Gasteiger partial charge in [0.05, 0.1) is 29.0 Å². The molecule has 0 aliphatic heterocycles. The second-order valence-corrected chi connectivity index (χ2v) is 9.73. The van der Waals surface area contributed by atoms with E-state index in [1.807, 2.05) is 0 Å². The van der Waals surface area contributed by atoms with Crippen molar-refractivity contribution < 1.29 is 34.3 Å². The number of nitrogens with one attached hydrogen (secondary N) is 3. The van der Waals surface area contributed by atoms with E-state index in [9.17, 15) is 34.7 Å². The zero-order valence-corrected chi connectivity index (χ0v) is 21.0. The fourth-order valence-electron chi connectivity index (χ4n) is 3.53. The number of nitrogens with zero attached hydrogens (tertiary/aromatic N) is 1. The molecule has 2 amide bonds. The van der Waals surface area contributed by atoms with Gasteiger partial charge < -0.3 is 25.6 Å². The first kappa shape index (κ1) is 28.1. The van der Waals surface area contributed by atoms with E-state index in [2.05, 4.69) is 15.6 Å². The topological polar surface area (TPSA) is 184 Å². The molecule has 0 saturated heterocycles. The van der Waals surface area contributed by atoms with Crippen molar-refractivity contribution in [2.75, 3.05) is 0 Å². The molecular formula is C24H32N4O8. The van der Waals surface area contributed by atoms with Gasteiger partial charge in [0.2, 0.25) is 11.8 Å². The number of alkyl carbamates (subject to hydrolysis) is 1. The Morgan fingerprint density at radius 3 is 2.28 bits per heavy atom. The SMILES string of the molecule is Cc1c(O)[nH]c(O)c1C(=O)[C@@H](NC(=O)C[C@H](NC(=O)OC(C)(C)C)c1cccc([N+](=O)[O-])c1)C(C)C. The molecule has 2 rings (SSSR count). The number of nitro groups is 1. The maximum atomic E-state index is 13.1. The number of nitro benzene ring substituents is 1. The van der Waals surface area contributed by atoms with E-state index >= 15 is 0 Å². The second-order valence-electron chi connectivity index (χ2n) is 9.73. The second kappa shape index (κ2) is 11.1. The van der Waals surface area contributed by atoms with Gasteiger partial charge in [0.15, 0.2) is 11.7 Å². The number of aromatic amines is 1. The molecule has 1 aromatic heterocycles. The third kappa shape index (κ3) is 7.20. The Kier molecular flexibility index (Phi) is 8.68. The van der Waals surface area contributed by atoms with E-state index in [0.29, 0.717) is 5.56 Å². The summed E-state index contributed by atoms with van der Waals surface area (Å²) in [4.78, 5) is 51.5. The first-order valence-electron chi connectivity index (χ1n) is 11.3. The summed E-state index contributed by atoms with van der Waals surface area (Å²) >= 11 is 0. The maximum absolute atomic E-state index is 13.1. The number of carbonyl (C=O) groups is 3. The standard InChI is InChI=1S/C24H32N4O8/c1-12(2)19(20(30)18-13(3)21(31)27-22(18)32)26-17(29)11-16(25-23(33)36-24(4,5)6)14-8-7-9-15(10-14)28(34)35/h7-10,12,16,19,27,31-32H,11H2,1-6H3,(H,25,33)(H,26,29)/t16-,19-/m0/s1. The van der Waals surface area contributed by atoms with Crippen LogP contribution in [0.15, 0.2) is 24.3 Å². The largest absolute Gasteiger partial charge is 0.494 e. The number of ketones is 1. The Balaban J connectivity index is 2.31. The number of Topliss-reactive ketones (excluding diaryl/α,β-unsaturated/α-hetero) is 1. The van der Waals surface area contributed by atoms with Crippen LogP contribution in [0.2, 0.25) is 0 Å². The monoisotopic (exact) mass is 504 g/mol. The van der Waals surface area contributed by atoms with Crippen molar-refractivity contribution in [3.8, 4) is 11.8 Å². The van der Waals surface area contributed by atoms with Crippen LogP contribution in [-0.2, 0) is 9.53 Å². The zero-order chi connectivity index (χ0) is 27.4. The van der Waals surface area contributed by atoms with Crippen molar-refractivity contribution in [1.29, 1.82) is 0 Å². The predicted molar refractivity (Wildman–Crippen MR) is 130 cm³/mol. The number of rotatable bonds is 9. The van der Waals surface area contributed by atoms with Crippen LogP contribution >= 0.6 is 0 Å². The fraction of sp³-hybridized carbons (Fsp3) is 0.458. The van der Waals surface area contributed by atoms with Gasteiger partial charge in [-0.1, -0.05) is 26.0 Å². The van der Waals surface area contributed by atoms with Crippen LogP contribution in [0.5, 0.6) is 11.8 Å². The maximum Gasteiger partial charge on any atom is 0.408 e. The van der Waals surface area contributed by atoms with Crippen molar-refractivity contribution in [3.05, 3.63) is 51.1 Å². The lowest BCUT2D eigenvalue weighted by atomic mass is 9.93. The number of ether oxygens (including phenoxy) is 1. The quantitative estimate of drug-likeness (QED) is 0.195. The highest BCUT2D eigenvalue weighted by atomic mass is 16.6. The minimum absolute atomic E-state index is 0.137. The Bertz CT molecular complexity index is 1150. The van der Waals surface area contributed by atoms with Crippen molar-refractivity contribution in [1.82, 2.24) is 15.6 Å². The lowest BCUT2D eigenvalue weighted by Gasteiger charge is -2.25. The van der Waals surface area contributed by atoms with Gasteiger partial charge in [-0.25, -0.2) is 4.79 Å². The summed E-state index contributed by atoms with van der Waals surface area (Å²) in [5.74, 6) is -2.52. The van der Waals surface area contributed by atoms with Crippen molar-refractivity contribution in [3.63, 3.8) is 0 Å². The first-order chi connectivity index (χ1) is 16.6. The van der Waals surface area contributed by atoms with E-state index in [4.69, 9.17) is 4.74 Å². The lowest BCUT2D eigenvalue weighted by Crippen LogP contribution is -2.46. The summed E-state index contributed by atoms with van der Waals surface area (Å²) < 4.78 is 5.27. The number of carbonyl (C=O) groups excluding carboxylic acids is 3. The van der Waals surface area contributed by atoms with Gasteiger partial charge in [-0.2, -0.15) is 0 Å². The number of non-ortho nitro benzene ring substituents is 1. The van der Waals surface area contributed by atoms with E-state index in [1.54, 1.807) is 34.6 Å². The van der Waals surface area contributed by atoms with E-state index in [1.165, 1.54) is 31.2 Å². The molecule has 2 atom stereocenters. The van der Waals surface area contributed by atoms with E-state index in [-0.39, 0.29) is 29.1 Å². The molecule has 196 valence electrons. The van der Waals surface area contributed by atoms with Crippen LogP contribution in [0.3, 0.4) is 0 Å². The molecule has 5 N–H and O–H groups in total. The highest BCUT2D eigenvalue weighted by Gasteiger charge is 2.32. The van der Waals surface area contributed by atoms with Crippen LogP contribution in [0.25, 0.3) is 0 Å². The van der Waals surface area contributed by atoms with Crippen LogP contribution in [0, 0.1) is 23.0 Å². The van der Waals surface area contributed by atoms with Crippen molar-refractivity contribution in [2.24, 2.45) is 5.92 Å². The Morgan fingerprint density at radius 2 is 1.78 bits per heavy atom. The van der Waals surface area contributed by atoms with Gasteiger partial charge in [0.25, 0.3) is 5.69 Å². The fourth-order valence-corrected chi connectivity index (χ4v) is 3.53. The Hall–Kier alpha value is -4.09. The number of amides is 2. The number of hydrogen-bond donors (Lipinski definition) is 5. The number of benzene rings is 1. The van der Waals surface area contributed by atoms with Gasteiger partial charge >= 0.3 is 6.09 Å². The first-order valence-corrected chi connectivity index (χ1v) is 11.3. The normalized spacial score (nSPS) is 13.1. The minimum atomic E-state index is -1.07. The van der Waals surface area contributed by atoms with Gasteiger partial charge in [0.1, 0.15) is 5.60 Å². The smallest absolute Gasteiger partial charge is 0.408 e. The molecule has 1 aromatic carbocycles. The molecule has 0 radical (unpaired) electrons. The summed E-state index contributed by atoms with van der Waals surface area (Å²) in [5.41, 5.74) is -0.761. The van der Waals surface area contributed by atoms with Crippen LogP contribution in [0.1, 0.15) is 68.6 Å². The molecule has 1 heterocycles. The Morgan fingerprint density at radius 1 is 1.14 bits per heavy atom. The van der Waals surface area contributed by atoms with Crippen molar-refractivity contribution in [2.45, 2.75) is 65.6 Å². The molecule has 36 heavy (non-hydrogen) atoms. The number of hydrogen-bond acceptors (Lipinski definition) is 8. The molecular weight excluding hydrogens is 472 g/mol. The van der Waals surface area contributed by atoms with Crippen LogP contribution in [0.4, 0.5) is 10.5 Å². The van der Waals surface area contributed by atoms with Gasteiger partial charge in [0, 0.05) is 17.7 Å². The van der Waals surface area contributed by atoms with E-state index < -0.39 is 52.2 Å². The highest BCUT2D eigenvalue weighted by Crippen LogP contribution is 2.30. The van der Waals surface area contributed by atoms with Crippen molar-refractivity contribution >= 4 is 23.5 Å².